The monoisotopic (exact) mass is 287 g/mol. The Bertz CT molecular complexity index is 277. The molecule has 0 N–H and O–H groups in total. The molecule has 0 fully saturated rings. The fourth-order valence-corrected chi connectivity index (χ4v) is 1.39. The maximum atomic E-state index is 12.2. The third-order valence-electron chi connectivity index (χ3n) is 1.37. The third kappa shape index (κ3) is 1.88. The molecule has 0 amide bonds. The van der Waals surface area contributed by atoms with E-state index in [-0.39, 0.29) is 5.56 Å². The fraction of sp³-hybridized carbons (Fsp3) is 0.286. The molecule has 5 heteroatoms. The van der Waals surface area contributed by atoms with Gasteiger partial charge in [0, 0.05) is 15.3 Å². The van der Waals surface area contributed by atoms with Gasteiger partial charge in [0.1, 0.15) is 12.4 Å². The first kappa shape index (κ1) is 9.76. The van der Waals surface area contributed by atoms with Gasteiger partial charge in [-0.1, -0.05) is 0 Å². The van der Waals surface area contributed by atoms with E-state index in [0.29, 0.717) is 3.57 Å². The van der Waals surface area contributed by atoms with E-state index in [1.54, 1.807) is 22.6 Å². The smallest absolute Gasteiger partial charge is 0.255 e. The van der Waals surface area contributed by atoms with E-state index in [9.17, 15) is 13.2 Å². The van der Waals surface area contributed by atoms with Crippen LogP contribution in [-0.2, 0) is 6.67 Å². The van der Waals surface area contributed by atoms with Crippen LogP contribution < -0.4 is 0 Å². The summed E-state index contributed by atoms with van der Waals surface area (Å²) in [6, 6.07) is 1.50. The van der Waals surface area contributed by atoms with Crippen LogP contribution in [0.1, 0.15) is 17.7 Å². The Kier molecular flexibility index (Phi) is 3.30. The zero-order chi connectivity index (χ0) is 9.14. The first-order chi connectivity index (χ1) is 5.66. The van der Waals surface area contributed by atoms with Crippen LogP contribution in [-0.4, -0.2) is 4.98 Å². The molecule has 0 aliphatic carbocycles. The maximum absolute atomic E-state index is 12.2. The van der Waals surface area contributed by atoms with E-state index < -0.39 is 18.8 Å². The first-order valence-electron chi connectivity index (χ1n) is 3.14. The number of nitrogens with zero attached hydrogens (tertiary/aromatic N) is 1. The summed E-state index contributed by atoms with van der Waals surface area (Å²) in [5.41, 5.74) is -0.461. The first-order valence-corrected chi connectivity index (χ1v) is 4.22. The Labute approximate surface area is 81.1 Å². The number of halogens is 4. The van der Waals surface area contributed by atoms with Crippen molar-refractivity contribution >= 4 is 22.6 Å². The molecule has 12 heavy (non-hydrogen) atoms. The van der Waals surface area contributed by atoms with Crippen LogP contribution >= 0.6 is 22.6 Å². The van der Waals surface area contributed by atoms with Crippen LogP contribution in [0.2, 0.25) is 0 Å². The van der Waals surface area contributed by atoms with Gasteiger partial charge in [-0.05, 0) is 28.7 Å². The van der Waals surface area contributed by atoms with Crippen molar-refractivity contribution < 1.29 is 13.2 Å². The number of hydrogen-bond acceptors (Lipinski definition) is 1. The van der Waals surface area contributed by atoms with Crippen molar-refractivity contribution in [1.82, 2.24) is 4.98 Å². The summed E-state index contributed by atoms with van der Waals surface area (Å²) in [6.45, 7) is -0.897. The van der Waals surface area contributed by atoms with Gasteiger partial charge in [0.25, 0.3) is 6.43 Å². The van der Waals surface area contributed by atoms with Crippen LogP contribution in [0.15, 0.2) is 12.3 Å². The quantitative estimate of drug-likeness (QED) is 0.762. The van der Waals surface area contributed by atoms with E-state index in [1.165, 1.54) is 12.3 Å². The maximum Gasteiger partial charge on any atom is 0.280 e. The van der Waals surface area contributed by atoms with Crippen molar-refractivity contribution in [2.75, 3.05) is 0 Å². The van der Waals surface area contributed by atoms with Gasteiger partial charge in [0.05, 0.1) is 0 Å². The lowest BCUT2D eigenvalue weighted by Gasteiger charge is -2.05. The molecule has 1 rings (SSSR count). The van der Waals surface area contributed by atoms with Crippen molar-refractivity contribution in [2.45, 2.75) is 13.1 Å². The molecule has 0 atom stereocenters. The minimum absolute atomic E-state index is 0.00639. The van der Waals surface area contributed by atoms with Crippen molar-refractivity contribution in [3.8, 4) is 0 Å². The second-order valence-corrected chi connectivity index (χ2v) is 3.25. The summed E-state index contributed by atoms with van der Waals surface area (Å²) in [5.74, 6) is 0. The summed E-state index contributed by atoms with van der Waals surface area (Å²) in [7, 11) is 0. The number of rotatable bonds is 2. The van der Waals surface area contributed by atoms with Gasteiger partial charge in [-0.15, -0.1) is 0 Å². The topological polar surface area (TPSA) is 12.9 Å². The Balaban J connectivity index is 3.18. The SMILES string of the molecule is FCc1c(I)ccnc1C(F)F. The molecule has 66 valence electrons. The van der Waals surface area contributed by atoms with E-state index >= 15 is 0 Å². The molecule has 1 heterocycles. The van der Waals surface area contributed by atoms with Gasteiger partial charge >= 0.3 is 0 Å². The van der Waals surface area contributed by atoms with Gasteiger partial charge in [0.15, 0.2) is 0 Å². The summed E-state index contributed by atoms with van der Waals surface area (Å²) in [5, 5.41) is 0. The summed E-state index contributed by atoms with van der Waals surface area (Å²) in [4.78, 5) is 3.42. The van der Waals surface area contributed by atoms with E-state index in [4.69, 9.17) is 0 Å². The highest BCUT2D eigenvalue weighted by Crippen LogP contribution is 2.24. The molecule has 1 aromatic heterocycles. The molecule has 0 saturated heterocycles. The number of alkyl halides is 3. The summed E-state index contributed by atoms with van der Waals surface area (Å²) < 4.78 is 37.0. The fourth-order valence-electron chi connectivity index (χ4n) is 0.804. The average Bonchev–Trinajstić information content (AvgIpc) is 2.03. The van der Waals surface area contributed by atoms with Crippen LogP contribution in [0, 0.1) is 3.57 Å². The van der Waals surface area contributed by atoms with Crippen molar-refractivity contribution in [1.29, 1.82) is 0 Å². The predicted molar refractivity (Wildman–Crippen MR) is 46.7 cm³/mol. The molecule has 0 bridgehead atoms. The molecule has 0 saturated carbocycles. The molecular formula is C7H5F3IN. The molecular weight excluding hydrogens is 282 g/mol. The molecule has 0 spiro atoms. The molecule has 0 aliphatic rings. The Hall–Kier alpha value is -0.330. The number of aromatic nitrogens is 1. The summed E-state index contributed by atoms with van der Waals surface area (Å²) >= 11 is 1.81. The molecule has 0 radical (unpaired) electrons. The van der Waals surface area contributed by atoms with Crippen molar-refractivity contribution in [3.63, 3.8) is 0 Å². The average molecular weight is 287 g/mol. The highest BCUT2D eigenvalue weighted by atomic mass is 127. The zero-order valence-electron chi connectivity index (χ0n) is 5.90. The van der Waals surface area contributed by atoms with Crippen LogP contribution in [0.25, 0.3) is 0 Å². The van der Waals surface area contributed by atoms with Gasteiger partial charge in [-0.3, -0.25) is 4.98 Å². The van der Waals surface area contributed by atoms with E-state index in [2.05, 4.69) is 4.98 Å². The standard InChI is InChI=1S/C7H5F3IN/c8-3-4-5(11)1-2-12-6(4)7(9)10/h1-2,7H,3H2. The van der Waals surface area contributed by atoms with E-state index in [1.807, 2.05) is 0 Å². The zero-order valence-corrected chi connectivity index (χ0v) is 8.06. The lowest BCUT2D eigenvalue weighted by atomic mass is 10.2. The summed E-state index contributed by atoms with van der Waals surface area (Å²) in [6.07, 6.45) is -1.45. The third-order valence-corrected chi connectivity index (χ3v) is 2.38. The van der Waals surface area contributed by atoms with Gasteiger partial charge < -0.3 is 0 Å². The van der Waals surface area contributed by atoms with Crippen LogP contribution in [0.5, 0.6) is 0 Å². The lowest BCUT2D eigenvalue weighted by Crippen LogP contribution is -1.98. The second-order valence-electron chi connectivity index (χ2n) is 2.09. The molecule has 0 unspecified atom stereocenters. The minimum Gasteiger partial charge on any atom is -0.255 e. The molecule has 1 nitrogen and oxygen atoms in total. The minimum atomic E-state index is -2.70. The second kappa shape index (κ2) is 4.06. The van der Waals surface area contributed by atoms with Crippen molar-refractivity contribution in [2.24, 2.45) is 0 Å². The van der Waals surface area contributed by atoms with Gasteiger partial charge in [-0.2, -0.15) is 0 Å². The predicted octanol–water partition coefficient (Wildman–Crippen LogP) is 3.09. The highest BCUT2D eigenvalue weighted by Gasteiger charge is 2.16. The number of hydrogen-bond donors (Lipinski definition) is 0. The number of pyridine rings is 1. The molecule has 1 aromatic rings. The van der Waals surface area contributed by atoms with E-state index in [0.717, 1.165) is 0 Å². The molecule has 0 aromatic carbocycles. The Morgan fingerprint density at radius 2 is 2.17 bits per heavy atom. The molecule has 0 aliphatic heterocycles. The van der Waals surface area contributed by atoms with Gasteiger partial charge in [-0.25, -0.2) is 13.2 Å². The van der Waals surface area contributed by atoms with Gasteiger partial charge in [0.2, 0.25) is 0 Å². The Morgan fingerprint density at radius 1 is 1.50 bits per heavy atom. The highest BCUT2D eigenvalue weighted by molar-refractivity contribution is 14.1. The van der Waals surface area contributed by atoms with Crippen molar-refractivity contribution in [3.05, 3.63) is 27.1 Å². The van der Waals surface area contributed by atoms with Crippen LogP contribution in [0.3, 0.4) is 0 Å². The largest absolute Gasteiger partial charge is 0.280 e. The van der Waals surface area contributed by atoms with Crippen LogP contribution in [0.4, 0.5) is 13.2 Å². The Morgan fingerprint density at radius 3 is 2.58 bits per heavy atom. The lowest BCUT2D eigenvalue weighted by molar-refractivity contribution is 0.143. The normalized spacial score (nSPS) is 10.8.